The van der Waals surface area contributed by atoms with Crippen LogP contribution in [0.5, 0.6) is 0 Å². The van der Waals surface area contributed by atoms with E-state index in [0.29, 0.717) is 0 Å². The summed E-state index contributed by atoms with van der Waals surface area (Å²) in [6, 6.07) is 8.35. The van der Waals surface area contributed by atoms with Gasteiger partial charge in [0, 0.05) is 12.4 Å². The number of para-hydroxylation sites is 2. The molecule has 0 amide bonds. The van der Waals surface area contributed by atoms with Crippen LogP contribution in [0.25, 0.3) is 0 Å². The Kier molecular flexibility index (Phi) is 3.13. The van der Waals surface area contributed by atoms with Crippen LogP contribution in [-0.2, 0) is 0 Å². The van der Waals surface area contributed by atoms with Gasteiger partial charge in [-0.1, -0.05) is 44.0 Å². The number of rotatable bonds is 2. The second kappa shape index (κ2) is 4.36. The first-order chi connectivity index (χ1) is 6.86. The Labute approximate surface area is 100 Å². The molecule has 0 radical (unpaired) electrons. The van der Waals surface area contributed by atoms with Crippen LogP contribution in [0, 0.1) is 0 Å². The number of halogens is 2. The van der Waals surface area contributed by atoms with E-state index in [0.717, 1.165) is 10.9 Å². The average molecular weight is 318 g/mol. The fraction of sp³-hybridized carbons (Fsp3) is 0.200. The molecule has 1 aliphatic rings. The van der Waals surface area contributed by atoms with E-state index in [2.05, 4.69) is 78.3 Å². The van der Waals surface area contributed by atoms with E-state index in [4.69, 9.17) is 0 Å². The van der Waals surface area contributed by atoms with Crippen LogP contribution in [0.4, 0.5) is 11.4 Å². The summed E-state index contributed by atoms with van der Waals surface area (Å²) in [6.07, 6.45) is 4.14. The molecule has 1 heterocycles. The number of benzene rings is 1. The quantitative estimate of drug-likeness (QED) is 0.608. The number of alkyl halides is 2. The molecule has 0 spiro atoms. The Morgan fingerprint density at radius 2 is 1.29 bits per heavy atom. The molecular formula is C10H10Br2N2. The van der Waals surface area contributed by atoms with Gasteiger partial charge in [-0.25, -0.2) is 0 Å². The third-order valence-corrected chi connectivity index (χ3v) is 3.27. The number of fused-ring (bicyclic) bond motifs is 1. The van der Waals surface area contributed by atoms with Crippen molar-refractivity contribution >= 4 is 43.2 Å². The second-order valence-electron chi connectivity index (χ2n) is 2.97. The normalized spacial score (nSPS) is 14.4. The molecule has 0 aromatic heterocycles. The number of nitrogens with zero attached hydrogens (tertiary/aromatic N) is 2. The molecule has 2 rings (SSSR count). The first-order valence-electron chi connectivity index (χ1n) is 4.29. The van der Waals surface area contributed by atoms with E-state index < -0.39 is 0 Å². The topological polar surface area (TPSA) is 6.48 Å². The standard InChI is InChI=1S/C10H10Br2N2/c11-7-13-5-6-14(8-12)10-4-2-1-3-9(10)13/h1-6H,7-8H2. The Hall–Kier alpha value is -0.480. The highest BCUT2D eigenvalue weighted by molar-refractivity contribution is 9.09. The molecule has 0 fully saturated rings. The highest BCUT2D eigenvalue weighted by Gasteiger charge is 2.15. The lowest BCUT2D eigenvalue weighted by Crippen LogP contribution is -2.25. The Morgan fingerprint density at radius 1 is 0.857 bits per heavy atom. The Morgan fingerprint density at radius 3 is 1.64 bits per heavy atom. The highest BCUT2D eigenvalue weighted by atomic mass is 79.9. The largest absolute Gasteiger partial charge is 0.334 e. The van der Waals surface area contributed by atoms with Crippen LogP contribution in [0.15, 0.2) is 36.7 Å². The van der Waals surface area contributed by atoms with Crippen molar-refractivity contribution in [1.82, 2.24) is 0 Å². The van der Waals surface area contributed by atoms with Crippen molar-refractivity contribution in [2.24, 2.45) is 0 Å². The minimum Gasteiger partial charge on any atom is -0.334 e. The Bertz CT molecular complexity index is 319. The summed E-state index contributed by atoms with van der Waals surface area (Å²) in [5.41, 5.74) is 4.09. The first kappa shape index (κ1) is 10.1. The number of hydrogen-bond acceptors (Lipinski definition) is 2. The van der Waals surface area contributed by atoms with Crippen LogP contribution in [0.3, 0.4) is 0 Å². The van der Waals surface area contributed by atoms with Crippen LogP contribution < -0.4 is 9.80 Å². The molecule has 14 heavy (non-hydrogen) atoms. The van der Waals surface area contributed by atoms with Gasteiger partial charge in [-0.05, 0) is 12.1 Å². The van der Waals surface area contributed by atoms with Gasteiger partial charge in [0.2, 0.25) is 0 Å². The molecule has 0 unspecified atom stereocenters. The molecule has 0 saturated heterocycles. The third kappa shape index (κ3) is 1.68. The summed E-state index contributed by atoms with van der Waals surface area (Å²) < 4.78 is 0. The van der Waals surface area contributed by atoms with Crippen molar-refractivity contribution < 1.29 is 0 Å². The van der Waals surface area contributed by atoms with Crippen molar-refractivity contribution in [3.05, 3.63) is 36.7 Å². The van der Waals surface area contributed by atoms with Gasteiger partial charge in [0.25, 0.3) is 0 Å². The average Bonchev–Trinajstić information content (AvgIpc) is 2.27. The minimum absolute atomic E-state index is 0.816. The van der Waals surface area contributed by atoms with Gasteiger partial charge in [0.15, 0.2) is 0 Å². The number of hydrogen-bond donors (Lipinski definition) is 0. The van der Waals surface area contributed by atoms with Crippen molar-refractivity contribution in [2.45, 2.75) is 0 Å². The van der Waals surface area contributed by atoms with E-state index in [9.17, 15) is 0 Å². The molecule has 0 N–H and O–H groups in total. The molecule has 2 nitrogen and oxygen atoms in total. The molecule has 0 atom stereocenters. The lowest BCUT2D eigenvalue weighted by molar-refractivity contribution is 1.06. The predicted molar refractivity (Wildman–Crippen MR) is 68.1 cm³/mol. The molecule has 4 heteroatoms. The maximum Gasteiger partial charge on any atom is 0.0780 e. The maximum absolute atomic E-state index is 3.47. The minimum atomic E-state index is 0.816. The van der Waals surface area contributed by atoms with E-state index in [1.54, 1.807) is 0 Å². The summed E-state index contributed by atoms with van der Waals surface area (Å²) in [5.74, 6) is 0. The van der Waals surface area contributed by atoms with Crippen LogP contribution >= 0.6 is 31.9 Å². The van der Waals surface area contributed by atoms with E-state index >= 15 is 0 Å². The lowest BCUT2D eigenvalue weighted by atomic mass is 10.2. The van der Waals surface area contributed by atoms with Gasteiger partial charge in [-0.3, -0.25) is 0 Å². The van der Waals surface area contributed by atoms with Crippen molar-refractivity contribution in [1.29, 1.82) is 0 Å². The second-order valence-corrected chi connectivity index (χ2v) is 3.97. The third-order valence-electron chi connectivity index (χ3n) is 2.18. The Balaban J connectivity index is 2.44. The molecule has 1 aromatic carbocycles. The monoisotopic (exact) mass is 316 g/mol. The summed E-state index contributed by atoms with van der Waals surface area (Å²) in [5, 5.41) is 0. The highest BCUT2D eigenvalue weighted by Crippen LogP contribution is 2.33. The first-order valence-corrected chi connectivity index (χ1v) is 6.53. The smallest absolute Gasteiger partial charge is 0.0780 e. The van der Waals surface area contributed by atoms with Gasteiger partial charge < -0.3 is 9.80 Å². The fourth-order valence-corrected chi connectivity index (χ4v) is 2.35. The predicted octanol–water partition coefficient (Wildman–Crippen LogP) is 3.49. The molecule has 0 bridgehead atoms. The molecule has 0 aliphatic carbocycles. The van der Waals surface area contributed by atoms with Crippen LogP contribution in [-0.4, -0.2) is 10.9 Å². The zero-order chi connectivity index (χ0) is 9.97. The number of anilines is 2. The molecule has 74 valence electrons. The van der Waals surface area contributed by atoms with Crippen LogP contribution in [0.1, 0.15) is 0 Å². The van der Waals surface area contributed by atoms with Crippen molar-refractivity contribution in [3.8, 4) is 0 Å². The SMILES string of the molecule is BrCN1C=CN(CBr)c2ccccc21. The van der Waals surface area contributed by atoms with Gasteiger partial charge in [-0.15, -0.1) is 0 Å². The summed E-state index contributed by atoms with van der Waals surface area (Å²) >= 11 is 6.93. The zero-order valence-corrected chi connectivity index (χ0v) is 10.7. The summed E-state index contributed by atoms with van der Waals surface area (Å²) in [6.45, 7) is 0. The molecule has 1 aliphatic heterocycles. The lowest BCUT2D eigenvalue weighted by Gasteiger charge is -2.31. The summed E-state index contributed by atoms with van der Waals surface area (Å²) in [4.78, 5) is 4.32. The zero-order valence-electron chi connectivity index (χ0n) is 7.53. The van der Waals surface area contributed by atoms with Gasteiger partial charge in [-0.2, -0.15) is 0 Å². The maximum atomic E-state index is 3.47. The molecule has 1 aromatic rings. The summed E-state index contributed by atoms with van der Waals surface area (Å²) in [7, 11) is 0. The van der Waals surface area contributed by atoms with Gasteiger partial charge >= 0.3 is 0 Å². The van der Waals surface area contributed by atoms with Gasteiger partial charge in [0.05, 0.1) is 22.3 Å². The van der Waals surface area contributed by atoms with E-state index in [-0.39, 0.29) is 0 Å². The van der Waals surface area contributed by atoms with Crippen molar-refractivity contribution in [2.75, 3.05) is 20.7 Å². The van der Waals surface area contributed by atoms with E-state index in [1.165, 1.54) is 11.4 Å². The molecular weight excluding hydrogens is 308 g/mol. The van der Waals surface area contributed by atoms with Crippen molar-refractivity contribution in [3.63, 3.8) is 0 Å². The van der Waals surface area contributed by atoms with Crippen LogP contribution in [0.2, 0.25) is 0 Å². The fourth-order valence-electron chi connectivity index (χ4n) is 1.48. The molecule has 0 saturated carbocycles. The van der Waals surface area contributed by atoms with E-state index in [1.807, 2.05) is 0 Å². The van der Waals surface area contributed by atoms with Gasteiger partial charge in [0.1, 0.15) is 0 Å².